The molecule has 2 rings (SSSR count). The molecule has 0 atom stereocenters. The van der Waals surface area contributed by atoms with Crippen LogP contribution < -0.4 is 4.74 Å². The first-order valence-electron chi connectivity index (χ1n) is 5.15. The number of hydrogen-bond donors (Lipinski definition) is 0. The van der Waals surface area contributed by atoms with Crippen LogP contribution >= 0.6 is 11.6 Å². The van der Waals surface area contributed by atoms with Gasteiger partial charge >= 0.3 is 0 Å². The zero-order valence-corrected chi connectivity index (χ0v) is 10.2. The quantitative estimate of drug-likeness (QED) is 0.724. The van der Waals surface area contributed by atoms with Crippen LogP contribution in [-0.2, 0) is 0 Å². The first kappa shape index (κ1) is 11.6. The summed E-state index contributed by atoms with van der Waals surface area (Å²) in [6, 6.07) is 13.5. The number of ether oxygens (including phenoxy) is 1. The molecule has 0 radical (unpaired) electrons. The van der Waals surface area contributed by atoms with E-state index in [9.17, 15) is 0 Å². The van der Waals surface area contributed by atoms with Crippen molar-refractivity contribution in [2.24, 2.45) is 0 Å². The predicted octanol–water partition coefficient (Wildman–Crippen LogP) is 4.00. The highest BCUT2D eigenvalue weighted by molar-refractivity contribution is 6.32. The molecule has 0 amide bonds. The molecule has 17 heavy (non-hydrogen) atoms. The molecule has 1 nitrogen and oxygen atoms in total. The molecule has 2 aromatic rings. The second kappa shape index (κ2) is 4.95. The molecule has 0 aliphatic heterocycles. The third-order valence-corrected chi connectivity index (χ3v) is 2.83. The molecule has 0 spiro atoms. The largest absolute Gasteiger partial charge is 0.495 e. The van der Waals surface area contributed by atoms with Gasteiger partial charge in [-0.2, -0.15) is 0 Å². The third kappa shape index (κ3) is 2.43. The maximum atomic E-state index is 6.08. The van der Waals surface area contributed by atoms with E-state index in [0.717, 1.165) is 16.7 Å². The van der Waals surface area contributed by atoms with E-state index in [1.165, 1.54) is 0 Å². The molecule has 0 saturated heterocycles. The molecular weight excluding hydrogens is 232 g/mol. The number of methoxy groups -OCH3 is 1. The normalized spacial score (nSPS) is 9.71. The van der Waals surface area contributed by atoms with Crippen molar-refractivity contribution >= 4 is 11.6 Å². The molecule has 2 heteroatoms. The maximum Gasteiger partial charge on any atom is 0.137 e. The van der Waals surface area contributed by atoms with Gasteiger partial charge in [-0.3, -0.25) is 0 Å². The van der Waals surface area contributed by atoms with Gasteiger partial charge in [-0.25, -0.2) is 0 Å². The van der Waals surface area contributed by atoms with Crippen LogP contribution in [0, 0.1) is 12.3 Å². The molecule has 0 fully saturated rings. The number of terminal acetylenes is 1. The van der Waals surface area contributed by atoms with Gasteiger partial charge in [0.05, 0.1) is 12.1 Å². The Hall–Kier alpha value is -1.91. The molecule has 0 saturated carbocycles. The van der Waals surface area contributed by atoms with Crippen LogP contribution in [0.25, 0.3) is 11.1 Å². The Balaban J connectivity index is 2.40. The van der Waals surface area contributed by atoms with Gasteiger partial charge < -0.3 is 4.74 Å². The van der Waals surface area contributed by atoms with E-state index < -0.39 is 0 Å². The van der Waals surface area contributed by atoms with Crippen molar-refractivity contribution in [2.45, 2.75) is 0 Å². The lowest BCUT2D eigenvalue weighted by molar-refractivity contribution is 0.415. The molecule has 0 unspecified atom stereocenters. The molecule has 84 valence electrons. The fourth-order valence-corrected chi connectivity index (χ4v) is 1.86. The topological polar surface area (TPSA) is 9.23 Å². The van der Waals surface area contributed by atoms with Crippen LogP contribution in [0.5, 0.6) is 5.75 Å². The molecule has 0 N–H and O–H groups in total. The van der Waals surface area contributed by atoms with Crippen LogP contribution in [0.1, 0.15) is 5.56 Å². The van der Waals surface area contributed by atoms with Gasteiger partial charge in [-0.05, 0) is 35.4 Å². The summed E-state index contributed by atoms with van der Waals surface area (Å²) in [6.45, 7) is 0. The Morgan fingerprint density at radius 3 is 2.24 bits per heavy atom. The first-order valence-corrected chi connectivity index (χ1v) is 5.53. The highest BCUT2D eigenvalue weighted by Gasteiger charge is 2.03. The maximum absolute atomic E-state index is 6.08. The third-order valence-electron chi connectivity index (χ3n) is 2.54. The number of hydrogen-bond acceptors (Lipinski definition) is 1. The van der Waals surface area contributed by atoms with Crippen molar-refractivity contribution in [3.05, 3.63) is 53.1 Å². The summed E-state index contributed by atoms with van der Waals surface area (Å²) in [4.78, 5) is 0. The smallest absolute Gasteiger partial charge is 0.137 e. The minimum Gasteiger partial charge on any atom is -0.495 e. The van der Waals surface area contributed by atoms with Gasteiger partial charge in [0.15, 0.2) is 0 Å². The van der Waals surface area contributed by atoms with Crippen LogP contribution in [0.15, 0.2) is 42.5 Å². The number of rotatable bonds is 2. The molecular formula is C15H11ClO. The standard InChI is InChI=1S/C15H11ClO/c1-3-11-4-6-12(7-5-11)13-8-9-15(17-2)14(16)10-13/h1,4-10H,2H3. The molecule has 0 bridgehead atoms. The van der Waals surface area contributed by atoms with Gasteiger partial charge in [0.2, 0.25) is 0 Å². The number of halogens is 1. The average Bonchev–Trinajstić information content (AvgIpc) is 2.39. The summed E-state index contributed by atoms with van der Waals surface area (Å²) >= 11 is 6.08. The van der Waals surface area contributed by atoms with E-state index in [0.29, 0.717) is 10.8 Å². The minimum absolute atomic E-state index is 0.603. The molecule has 0 aliphatic carbocycles. The van der Waals surface area contributed by atoms with E-state index in [2.05, 4.69) is 5.92 Å². The van der Waals surface area contributed by atoms with Crippen molar-refractivity contribution in [3.63, 3.8) is 0 Å². The highest BCUT2D eigenvalue weighted by Crippen LogP contribution is 2.30. The Morgan fingerprint density at radius 1 is 1.06 bits per heavy atom. The lowest BCUT2D eigenvalue weighted by Crippen LogP contribution is -1.85. The zero-order chi connectivity index (χ0) is 12.3. The summed E-state index contributed by atoms with van der Waals surface area (Å²) in [5, 5.41) is 0.603. The second-order valence-electron chi connectivity index (χ2n) is 3.57. The fraction of sp³-hybridized carbons (Fsp3) is 0.0667. The van der Waals surface area contributed by atoms with Gasteiger partial charge in [0, 0.05) is 5.56 Å². The summed E-state index contributed by atoms with van der Waals surface area (Å²) in [5.74, 6) is 3.27. The van der Waals surface area contributed by atoms with Gasteiger partial charge in [0.25, 0.3) is 0 Å². The average molecular weight is 243 g/mol. The lowest BCUT2D eigenvalue weighted by atomic mass is 10.0. The Bertz CT molecular complexity index is 564. The minimum atomic E-state index is 0.603. The molecule has 2 aromatic carbocycles. The fourth-order valence-electron chi connectivity index (χ4n) is 1.60. The Kier molecular flexibility index (Phi) is 3.37. The van der Waals surface area contributed by atoms with Crippen molar-refractivity contribution in [2.75, 3.05) is 7.11 Å². The summed E-state index contributed by atoms with van der Waals surface area (Å²) in [7, 11) is 1.60. The van der Waals surface area contributed by atoms with Gasteiger partial charge in [0.1, 0.15) is 5.75 Å². The second-order valence-corrected chi connectivity index (χ2v) is 3.98. The zero-order valence-electron chi connectivity index (χ0n) is 9.41. The van der Waals surface area contributed by atoms with Gasteiger partial charge in [-0.15, -0.1) is 6.42 Å². The van der Waals surface area contributed by atoms with Crippen LogP contribution in [0.2, 0.25) is 5.02 Å². The van der Waals surface area contributed by atoms with Crippen LogP contribution in [-0.4, -0.2) is 7.11 Å². The first-order chi connectivity index (χ1) is 8.24. The number of benzene rings is 2. The van der Waals surface area contributed by atoms with Crippen LogP contribution in [0.4, 0.5) is 0 Å². The van der Waals surface area contributed by atoms with Crippen molar-refractivity contribution < 1.29 is 4.74 Å². The Morgan fingerprint density at radius 2 is 1.71 bits per heavy atom. The van der Waals surface area contributed by atoms with Crippen molar-refractivity contribution in [1.29, 1.82) is 0 Å². The summed E-state index contributed by atoms with van der Waals surface area (Å²) in [6.07, 6.45) is 5.31. The molecule has 0 heterocycles. The van der Waals surface area contributed by atoms with E-state index in [1.807, 2.05) is 42.5 Å². The van der Waals surface area contributed by atoms with E-state index in [-0.39, 0.29) is 0 Å². The predicted molar refractivity (Wildman–Crippen MR) is 71.4 cm³/mol. The highest BCUT2D eigenvalue weighted by atomic mass is 35.5. The van der Waals surface area contributed by atoms with Crippen molar-refractivity contribution in [1.82, 2.24) is 0 Å². The van der Waals surface area contributed by atoms with Crippen molar-refractivity contribution in [3.8, 4) is 29.2 Å². The summed E-state index contributed by atoms with van der Waals surface area (Å²) < 4.78 is 5.11. The monoisotopic (exact) mass is 242 g/mol. The molecule has 0 aliphatic rings. The van der Waals surface area contributed by atoms with E-state index in [4.69, 9.17) is 22.8 Å². The van der Waals surface area contributed by atoms with E-state index >= 15 is 0 Å². The summed E-state index contributed by atoms with van der Waals surface area (Å²) in [5.41, 5.74) is 2.99. The van der Waals surface area contributed by atoms with Crippen LogP contribution in [0.3, 0.4) is 0 Å². The SMILES string of the molecule is C#Cc1ccc(-c2ccc(OC)c(Cl)c2)cc1. The lowest BCUT2D eigenvalue weighted by Gasteiger charge is -2.06. The van der Waals surface area contributed by atoms with Gasteiger partial charge in [-0.1, -0.05) is 35.7 Å². The Labute approximate surface area is 106 Å². The molecule has 0 aromatic heterocycles. The van der Waals surface area contributed by atoms with E-state index in [1.54, 1.807) is 7.11 Å².